The van der Waals surface area contributed by atoms with Crippen LogP contribution in [0.15, 0.2) is 35.3 Å². The lowest BCUT2D eigenvalue weighted by atomic mass is 10.2. The normalized spacial score (nSPS) is 10.9. The first-order chi connectivity index (χ1) is 8.24. The maximum atomic E-state index is 5.67. The summed E-state index contributed by atoms with van der Waals surface area (Å²) in [6, 6.07) is 5.70. The molecule has 2 aromatic heterocycles. The number of hydrogen-bond acceptors (Lipinski definition) is 5. The topological polar surface area (TPSA) is 82.5 Å². The molecule has 6 nitrogen and oxygen atoms in total. The van der Waals surface area contributed by atoms with Crippen LogP contribution in [0.5, 0.6) is 0 Å². The number of nitrogens with zero attached hydrogens (tertiary/aromatic N) is 5. The Morgan fingerprint density at radius 2 is 2.12 bits per heavy atom. The molecular formula is C10H7BrN6. The van der Waals surface area contributed by atoms with Gasteiger partial charge in [0.2, 0.25) is 5.95 Å². The van der Waals surface area contributed by atoms with Crippen molar-refractivity contribution in [1.82, 2.24) is 24.7 Å². The van der Waals surface area contributed by atoms with Crippen LogP contribution in [0.25, 0.3) is 16.7 Å². The lowest BCUT2D eigenvalue weighted by molar-refractivity contribution is 0.852. The van der Waals surface area contributed by atoms with Gasteiger partial charge in [0.05, 0.1) is 5.52 Å². The number of hydrogen-bond donors (Lipinski definition) is 1. The number of anilines is 1. The highest BCUT2D eigenvalue weighted by Crippen LogP contribution is 2.23. The van der Waals surface area contributed by atoms with Crippen molar-refractivity contribution in [3.8, 4) is 5.82 Å². The smallest absolute Gasteiger partial charge is 0.222 e. The zero-order chi connectivity index (χ0) is 11.8. The van der Waals surface area contributed by atoms with Crippen LogP contribution in [0.4, 0.5) is 5.95 Å². The molecule has 0 aliphatic heterocycles. The molecule has 1 aromatic carbocycles. The SMILES string of the molecule is Nc1nc(-n2cncn2)c2cc(Br)ccc2n1. The molecule has 0 atom stereocenters. The average Bonchev–Trinajstić information content (AvgIpc) is 2.82. The van der Waals surface area contributed by atoms with Crippen LogP contribution >= 0.6 is 15.9 Å². The second-order valence-corrected chi connectivity index (χ2v) is 4.32. The van der Waals surface area contributed by atoms with Crippen molar-refractivity contribution in [2.24, 2.45) is 0 Å². The van der Waals surface area contributed by atoms with Gasteiger partial charge in [-0.05, 0) is 18.2 Å². The third-order valence-corrected chi connectivity index (χ3v) is 2.78. The minimum Gasteiger partial charge on any atom is -0.368 e. The second-order valence-electron chi connectivity index (χ2n) is 3.41. The highest BCUT2D eigenvalue weighted by Gasteiger charge is 2.09. The molecule has 0 spiro atoms. The number of fused-ring (bicyclic) bond motifs is 1. The standard InChI is InChI=1S/C10H7BrN6/c11-6-1-2-8-7(3-6)9(16-10(12)15-8)17-5-13-4-14-17/h1-5H,(H2,12,15,16). The fourth-order valence-corrected chi connectivity index (χ4v) is 1.96. The maximum Gasteiger partial charge on any atom is 0.222 e. The zero-order valence-electron chi connectivity index (χ0n) is 8.58. The Hall–Kier alpha value is -2.02. The van der Waals surface area contributed by atoms with E-state index in [9.17, 15) is 0 Å². The first kappa shape index (κ1) is 10.2. The van der Waals surface area contributed by atoms with Crippen LogP contribution in [-0.2, 0) is 0 Å². The van der Waals surface area contributed by atoms with Crippen molar-refractivity contribution >= 4 is 32.8 Å². The molecule has 0 amide bonds. The molecule has 0 saturated heterocycles. The van der Waals surface area contributed by atoms with E-state index in [4.69, 9.17) is 5.73 Å². The first-order valence-electron chi connectivity index (χ1n) is 4.82. The van der Waals surface area contributed by atoms with Crippen LogP contribution < -0.4 is 5.73 Å². The Labute approximate surface area is 105 Å². The summed E-state index contributed by atoms with van der Waals surface area (Å²) in [5.74, 6) is 0.830. The van der Waals surface area contributed by atoms with E-state index >= 15 is 0 Å². The van der Waals surface area contributed by atoms with Crippen molar-refractivity contribution in [2.75, 3.05) is 5.73 Å². The summed E-state index contributed by atoms with van der Waals surface area (Å²) in [6.07, 6.45) is 3.02. The Morgan fingerprint density at radius 3 is 2.88 bits per heavy atom. The van der Waals surface area contributed by atoms with E-state index in [2.05, 4.69) is 36.0 Å². The molecule has 0 saturated carbocycles. The van der Waals surface area contributed by atoms with E-state index in [1.807, 2.05) is 18.2 Å². The monoisotopic (exact) mass is 290 g/mol. The van der Waals surface area contributed by atoms with Gasteiger partial charge in [-0.15, -0.1) is 0 Å². The van der Waals surface area contributed by atoms with Crippen molar-refractivity contribution < 1.29 is 0 Å². The fraction of sp³-hybridized carbons (Fsp3) is 0. The van der Waals surface area contributed by atoms with Crippen LogP contribution in [0.2, 0.25) is 0 Å². The number of benzene rings is 1. The van der Waals surface area contributed by atoms with Gasteiger partial charge in [0.25, 0.3) is 0 Å². The summed E-state index contributed by atoms with van der Waals surface area (Å²) in [5, 5.41) is 4.91. The average molecular weight is 291 g/mol. The molecule has 0 bridgehead atoms. The molecule has 2 heterocycles. The number of rotatable bonds is 1. The second kappa shape index (κ2) is 3.77. The molecule has 3 rings (SSSR count). The molecule has 0 aliphatic carbocycles. The van der Waals surface area contributed by atoms with Gasteiger partial charge in [-0.1, -0.05) is 15.9 Å². The molecule has 17 heavy (non-hydrogen) atoms. The van der Waals surface area contributed by atoms with E-state index in [0.29, 0.717) is 5.82 Å². The number of nitrogen functional groups attached to an aromatic ring is 1. The highest BCUT2D eigenvalue weighted by atomic mass is 79.9. The first-order valence-corrected chi connectivity index (χ1v) is 5.61. The van der Waals surface area contributed by atoms with Crippen molar-refractivity contribution in [1.29, 1.82) is 0 Å². The summed E-state index contributed by atoms with van der Waals surface area (Å²) in [4.78, 5) is 12.3. The van der Waals surface area contributed by atoms with Crippen LogP contribution in [0.1, 0.15) is 0 Å². The molecule has 0 fully saturated rings. The third kappa shape index (κ3) is 1.74. The van der Waals surface area contributed by atoms with Crippen molar-refractivity contribution in [3.05, 3.63) is 35.3 Å². The number of halogens is 1. The quantitative estimate of drug-likeness (QED) is 0.735. The summed E-state index contributed by atoms with van der Waals surface area (Å²) in [5.41, 5.74) is 6.44. The molecule has 84 valence electrons. The highest BCUT2D eigenvalue weighted by molar-refractivity contribution is 9.10. The molecular weight excluding hydrogens is 284 g/mol. The van der Waals surface area contributed by atoms with Gasteiger partial charge >= 0.3 is 0 Å². The van der Waals surface area contributed by atoms with Crippen LogP contribution in [0.3, 0.4) is 0 Å². The van der Waals surface area contributed by atoms with Crippen LogP contribution in [0, 0.1) is 0 Å². The molecule has 2 N–H and O–H groups in total. The van der Waals surface area contributed by atoms with Gasteiger partial charge < -0.3 is 5.73 Å². The van der Waals surface area contributed by atoms with Gasteiger partial charge in [-0.25, -0.2) is 14.6 Å². The maximum absolute atomic E-state index is 5.67. The molecule has 0 unspecified atom stereocenters. The minimum atomic E-state index is 0.213. The number of aromatic nitrogens is 5. The van der Waals surface area contributed by atoms with E-state index in [0.717, 1.165) is 15.4 Å². The molecule has 3 aromatic rings. The Balaban J connectivity index is 2.39. The van der Waals surface area contributed by atoms with Crippen LogP contribution in [-0.4, -0.2) is 24.7 Å². The van der Waals surface area contributed by atoms with Gasteiger partial charge in [-0.3, -0.25) is 0 Å². The third-order valence-electron chi connectivity index (χ3n) is 2.29. The fourth-order valence-electron chi connectivity index (χ4n) is 1.59. The van der Waals surface area contributed by atoms with Gasteiger partial charge in [0, 0.05) is 9.86 Å². The minimum absolute atomic E-state index is 0.213. The van der Waals surface area contributed by atoms with Crippen molar-refractivity contribution in [2.45, 2.75) is 0 Å². The lowest BCUT2D eigenvalue weighted by Crippen LogP contribution is -2.04. The number of nitrogens with two attached hydrogens (primary N) is 1. The largest absolute Gasteiger partial charge is 0.368 e. The lowest BCUT2D eigenvalue weighted by Gasteiger charge is -2.06. The Bertz CT molecular complexity index is 679. The molecule has 0 radical (unpaired) electrons. The summed E-state index contributed by atoms with van der Waals surface area (Å²) < 4.78 is 2.51. The summed E-state index contributed by atoms with van der Waals surface area (Å²) >= 11 is 3.42. The molecule has 0 aliphatic rings. The van der Waals surface area contributed by atoms with E-state index < -0.39 is 0 Å². The Morgan fingerprint density at radius 1 is 1.24 bits per heavy atom. The van der Waals surface area contributed by atoms with E-state index in [1.54, 1.807) is 11.0 Å². The predicted molar refractivity (Wildman–Crippen MR) is 66.6 cm³/mol. The van der Waals surface area contributed by atoms with E-state index in [1.165, 1.54) is 6.33 Å². The zero-order valence-corrected chi connectivity index (χ0v) is 10.2. The van der Waals surface area contributed by atoms with Crippen molar-refractivity contribution in [3.63, 3.8) is 0 Å². The predicted octanol–water partition coefficient (Wildman–Crippen LogP) is 1.56. The molecule has 7 heteroatoms. The Kier molecular flexibility index (Phi) is 2.25. The van der Waals surface area contributed by atoms with Gasteiger partial charge in [-0.2, -0.15) is 10.1 Å². The van der Waals surface area contributed by atoms with E-state index in [-0.39, 0.29) is 5.95 Å². The van der Waals surface area contributed by atoms with Gasteiger partial charge in [0.1, 0.15) is 12.7 Å². The van der Waals surface area contributed by atoms with Gasteiger partial charge in [0.15, 0.2) is 5.82 Å². The summed E-state index contributed by atoms with van der Waals surface area (Å²) in [6.45, 7) is 0. The summed E-state index contributed by atoms with van der Waals surface area (Å²) in [7, 11) is 0.